The smallest absolute Gasteiger partial charge is 0.258 e. The van der Waals surface area contributed by atoms with Crippen molar-refractivity contribution in [3.8, 4) is 0 Å². The maximum Gasteiger partial charge on any atom is 0.258 e. The number of para-hydroxylation sites is 2. The normalized spacial score (nSPS) is 12.7. The summed E-state index contributed by atoms with van der Waals surface area (Å²) in [5.41, 5.74) is 8.99. The number of carbonyl (C=O) groups excluding carboxylic acids is 1. The van der Waals surface area contributed by atoms with Gasteiger partial charge in [0.2, 0.25) is 5.96 Å². The quantitative estimate of drug-likeness (QED) is 0.528. The van der Waals surface area contributed by atoms with Crippen LogP contribution in [0.15, 0.2) is 65.8 Å². The highest BCUT2D eigenvalue weighted by molar-refractivity contribution is 6.13. The van der Waals surface area contributed by atoms with Crippen molar-refractivity contribution in [3.05, 3.63) is 71.9 Å². The molecule has 0 bridgehead atoms. The van der Waals surface area contributed by atoms with Gasteiger partial charge in [-0.25, -0.2) is 4.99 Å². The van der Waals surface area contributed by atoms with Gasteiger partial charge in [0.05, 0.1) is 16.8 Å². The maximum atomic E-state index is 13.1. The van der Waals surface area contributed by atoms with Gasteiger partial charge in [0.1, 0.15) is 0 Å². The number of nitrogens with zero attached hydrogens (tertiary/aromatic N) is 2. The van der Waals surface area contributed by atoms with Crippen LogP contribution in [0.25, 0.3) is 10.9 Å². The molecule has 138 valence electrons. The number of guanidine groups is 1. The van der Waals surface area contributed by atoms with E-state index in [1.165, 1.54) is 0 Å². The fraction of sp³-hybridized carbons (Fsp3) is 0.227. The van der Waals surface area contributed by atoms with Crippen LogP contribution in [0.4, 0.5) is 5.69 Å². The predicted octanol–water partition coefficient (Wildman–Crippen LogP) is 4.20. The van der Waals surface area contributed by atoms with E-state index in [9.17, 15) is 4.79 Å². The number of carbonyl (C=O) groups is 1. The summed E-state index contributed by atoms with van der Waals surface area (Å²) in [7, 11) is 0. The molecule has 1 atom stereocenters. The molecular formula is C22H24N4O. The summed E-state index contributed by atoms with van der Waals surface area (Å²) < 4.78 is 0. The number of hydrogen-bond acceptors (Lipinski definition) is 3. The van der Waals surface area contributed by atoms with Crippen LogP contribution in [-0.4, -0.2) is 16.9 Å². The highest BCUT2D eigenvalue weighted by atomic mass is 16.1. The number of hydrogen-bond donors (Lipinski definition) is 2. The summed E-state index contributed by atoms with van der Waals surface area (Å²) >= 11 is 0. The summed E-state index contributed by atoms with van der Waals surface area (Å²) in [5.74, 6) is 0.264. The van der Waals surface area contributed by atoms with E-state index in [4.69, 9.17) is 5.73 Å². The summed E-state index contributed by atoms with van der Waals surface area (Å²) in [5, 5.41) is 3.55. The zero-order chi connectivity index (χ0) is 19.2. The first-order chi connectivity index (χ1) is 13.1. The van der Waals surface area contributed by atoms with Crippen LogP contribution in [0, 0.1) is 5.92 Å². The van der Waals surface area contributed by atoms with E-state index in [-0.39, 0.29) is 11.9 Å². The zero-order valence-corrected chi connectivity index (χ0v) is 15.6. The number of benzene rings is 2. The first kappa shape index (κ1) is 18.6. The lowest BCUT2D eigenvalue weighted by atomic mass is 9.94. The van der Waals surface area contributed by atoms with Crippen LogP contribution in [0.2, 0.25) is 0 Å². The van der Waals surface area contributed by atoms with Gasteiger partial charge in [-0.1, -0.05) is 56.7 Å². The van der Waals surface area contributed by atoms with Crippen molar-refractivity contribution in [2.24, 2.45) is 16.6 Å². The van der Waals surface area contributed by atoms with Crippen molar-refractivity contribution in [2.45, 2.75) is 26.7 Å². The SMILES string of the molecule is CCC(C)Cc1cnc2ccccc2c1C(=O)NC(N)=Nc1ccccc1. The topological polar surface area (TPSA) is 80.4 Å². The number of amides is 1. The van der Waals surface area contributed by atoms with Crippen LogP contribution < -0.4 is 11.1 Å². The molecule has 0 spiro atoms. The van der Waals surface area contributed by atoms with Gasteiger partial charge in [0.25, 0.3) is 5.91 Å². The third kappa shape index (κ3) is 4.50. The lowest BCUT2D eigenvalue weighted by molar-refractivity contribution is 0.0977. The van der Waals surface area contributed by atoms with Crippen LogP contribution in [-0.2, 0) is 6.42 Å². The molecule has 1 amide bonds. The molecule has 3 rings (SSSR count). The highest BCUT2D eigenvalue weighted by Gasteiger charge is 2.18. The lowest BCUT2D eigenvalue weighted by Gasteiger charge is -2.15. The summed E-state index contributed by atoms with van der Waals surface area (Å²) in [6, 6.07) is 16.9. The molecule has 1 aromatic heterocycles. The molecule has 0 aliphatic heterocycles. The molecular weight excluding hydrogens is 336 g/mol. The first-order valence-electron chi connectivity index (χ1n) is 9.15. The fourth-order valence-electron chi connectivity index (χ4n) is 2.97. The Labute approximate surface area is 159 Å². The minimum atomic E-state index is -0.260. The number of nitrogens with two attached hydrogens (primary N) is 1. The molecule has 0 radical (unpaired) electrons. The van der Waals surface area contributed by atoms with Crippen molar-refractivity contribution < 1.29 is 4.79 Å². The Hall–Kier alpha value is -3.21. The average molecular weight is 360 g/mol. The van der Waals surface area contributed by atoms with E-state index in [2.05, 4.69) is 29.1 Å². The number of fused-ring (bicyclic) bond motifs is 1. The summed E-state index contributed by atoms with van der Waals surface area (Å²) in [6.45, 7) is 4.31. The summed E-state index contributed by atoms with van der Waals surface area (Å²) in [4.78, 5) is 21.8. The molecule has 5 heteroatoms. The Morgan fingerprint density at radius 2 is 1.85 bits per heavy atom. The van der Waals surface area contributed by atoms with Gasteiger partial charge in [-0.3, -0.25) is 15.1 Å². The molecule has 27 heavy (non-hydrogen) atoms. The predicted molar refractivity (Wildman–Crippen MR) is 110 cm³/mol. The molecule has 0 fully saturated rings. The molecule has 3 aromatic rings. The number of pyridine rings is 1. The first-order valence-corrected chi connectivity index (χ1v) is 9.15. The van der Waals surface area contributed by atoms with Gasteiger partial charge >= 0.3 is 0 Å². The second-order valence-corrected chi connectivity index (χ2v) is 6.68. The van der Waals surface area contributed by atoms with Crippen LogP contribution >= 0.6 is 0 Å². The van der Waals surface area contributed by atoms with E-state index in [1.807, 2.05) is 54.6 Å². The van der Waals surface area contributed by atoms with Gasteiger partial charge in [0.15, 0.2) is 0 Å². The fourth-order valence-corrected chi connectivity index (χ4v) is 2.97. The van der Waals surface area contributed by atoms with Crippen molar-refractivity contribution in [1.29, 1.82) is 0 Å². The second kappa shape index (κ2) is 8.45. The third-order valence-electron chi connectivity index (χ3n) is 4.59. The monoisotopic (exact) mass is 360 g/mol. The van der Waals surface area contributed by atoms with Crippen molar-refractivity contribution in [2.75, 3.05) is 0 Å². The maximum absolute atomic E-state index is 13.1. The Bertz CT molecular complexity index is 966. The minimum absolute atomic E-state index is 0.0709. The third-order valence-corrected chi connectivity index (χ3v) is 4.59. The van der Waals surface area contributed by atoms with Crippen molar-refractivity contribution >= 4 is 28.5 Å². The zero-order valence-electron chi connectivity index (χ0n) is 15.6. The molecule has 5 nitrogen and oxygen atoms in total. The Morgan fingerprint density at radius 1 is 1.15 bits per heavy atom. The molecule has 0 aliphatic carbocycles. The molecule has 3 N–H and O–H groups in total. The van der Waals surface area contributed by atoms with E-state index in [0.29, 0.717) is 17.2 Å². The highest BCUT2D eigenvalue weighted by Crippen LogP contribution is 2.23. The summed E-state index contributed by atoms with van der Waals surface area (Å²) in [6.07, 6.45) is 3.62. The number of rotatable bonds is 5. The van der Waals surface area contributed by atoms with Crippen molar-refractivity contribution in [3.63, 3.8) is 0 Å². The number of aliphatic imine (C=N–C) groups is 1. The van der Waals surface area contributed by atoms with E-state index in [1.54, 1.807) is 6.20 Å². The van der Waals surface area contributed by atoms with Gasteiger partial charge in [-0.15, -0.1) is 0 Å². The number of nitrogens with one attached hydrogen (secondary N) is 1. The molecule has 2 aromatic carbocycles. The minimum Gasteiger partial charge on any atom is -0.369 e. The standard InChI is InChI=1S/C22H24N4O/c1-3-15(2)13-16-14-24-19-12-8-7-11-18(19)20(16)21(27)26-22(23)25-17-9-5-4-6-10-17/h4-12,14-15H,3,13H2,1-2H3,(H3,23,25,26,27). The Morgan fingerprint density at radius 3 is 2.59 bits per heavy atom. The van der Waals surface area contributed by atoms with Crippen molar-refractivity contribution in [1.82, 2.24) is 10.3 Å². The molecule has 0 saturated heterocycles. The van der Waals surface area contributed by atoms with Gasteiger partial charge in [-0.05, 0) is 36.1 Å². The van der Waals surface area contributed by atoms with Gasteiger partial charge < -0.3 is 5.73 Å². The van der Waals surface area contributed by atoms with E-state index < -0.39 is 0 Å². The molecule has 0 aliphatic rings. The molecule has 1 unspecified atom stereocenters. The molecule has 0 saturated carbocycles. The van der Waals surface area contributed by atoms with Crippen LogP contribution in [0.3, 0.4) is 0 Å². The average Bonchev–Trinajstić information content (AvgIpc) is 2.68. The lowest BCUT2D eigenvalue weighted by Crippen LogP contribution is -2.37. The largest absolute Gasteiger partial charge is 0.369 e. The molecule has 1 heterocycles. The van der Waals surface area contributed by atoms with Gasteiger partial charge in [0, 0.05) is 11.6 Å². The van der Waals surface area contributed by atoms with E-state index in [0.717, 1.165) is 29.3 Å². The Kier molecular flexibility index (Phi) is 5.81. The van der Waals surface area contributed by atoms with Crippen LogP contribution in [0.5, 0.6) is 0 Å². The Balaban J connectivity index is 1.96. The number of aromatic nitrogens is 1. The van der Waals surface area contributed by atoms with E-state index >= 15 is 0 Å². The van der Waals surface area contributed by atoms with Gasteiger partial charge in [-0.2, -0.15) is 0 Å². The second-order valence-electron chi connectivity index (χ2n) is 6.68. The van der Waals surface area contributed by atoms with Crippen LogP contribution in [0.1, 0.15) is 36.2 Å².